The number of esters is 1. The number of aliphatic hydroxyl groups is 2. The normalized spacial score (nSPS) is 12.5. The molecule has 2 unspecified atom stereocenters. The molecule has 3 N–H and O–H groups in total. The molecule has 0 saturated carbocycles. The highest BCUT2D eigenvalue weighted by molar-refractivity contribution is 5.76. The van der Waals surface area contributed by atoms with Crippen molar-refractivity contribution in [2.45, 2.75) is 456 Å². The molecule has 0 heterocycles. The maximum Gasteiger partial charge on any atom is 0.305 e. The van der Waals surface area contributed by atoms with Crippen molar-refractivity contribution in [1.29, 1.82) is 0 Å². The first-order valence-corrected chi connectivity index (χ1v) is 38.4. The summed E-state index contributed by atoms with van der Waals surface area (Å²) in [7, 11) is 0. The van der Waals surface area contributed by atoms with E-state index in [0.29, 0.717) is 25.9 Å². The van der Waals surface area contributed by atoms with Gasteiger partial charge in [-0.25, -0.2) is 0 Å². The lowest BCUT2D eigenvalue weighted by molar-refractivity contribution is -0.143. The number of carbonyl (C=O) groups excluding carboxylic acids is 2. The molecule has 0 aliphatic rings. The van der Waals surface area contributed by atoms with Crippen molar-refractivity contribution >= 4 is 11.9 Å². The van der Waals surface area contributed by atoms with Gasteiger partial charge in [0, 0.05) is 12.8 Å². The lowest BCUT2D eigenvalue weighted by Gasteiger charge is -2.22. The highest BCUT2D eigenvalue weighted by atomic mass is 16.5. The molecule has 0 aliphatic carbocycles. The molecule has 6 heteroatoms. The predicted molar refractivity (Wildman–Crippen MR) is 366 cm³/mol. The fourth-order valence-corrected chi connectivity index (χ4v) is 12.5. The van der Waals surface area contributed by atoms with E-state index in [1.165, 1.54) is 366 Å². The van der Waals surface area contributed by atoms with E-state index >= 15 is 0 Å². The molecule has 6 nitrogen and oxygen atoms in total. The van der Waals surface area contributed by atoms with E-state index < -0.39 is 12.1 Å². The van der Waals surface area contributed by atoms with E-state index in [1.807, 2.05) is 0 Å². The molecule has 0 bridgehead atoms. The van der Waals surface area contributed by atoms with Crippen molar-refractivity contribution in [2.75, 3.05) is 13.2 Å². The van der Waals surface area contributed by atoms with Crippen LogP contribution in [0.15, 0.2) is 12.2 Å². The number of nitrogens with one attached hydrogen (secondary N) is 1. The van der Waals surface area contributed by atoms with E-state index in [1.54, 1.807) is 0 Å². The van der Waals surface area contributed by atoms with Gasteiger partial charge in [0.1, 0.15) is 0 Å². The van der Waals surface area contributed by atoms with Gasteiger partial charge >= 0.3 is 5.97 Å². The van der Waals surface area contributed by atoms with Crippen LogP contribution in [-0.2, 0) is 14.3 Å². The van der Waals surface area contributed by atoms with E-state index in [9.17, 15) is 19.8 Å². The summed E-state index contributed by atoms with van der Waals surface area (Å²) in [6.07, 6.45) is 91.4. The summed E-state index contributed by atoms with van der Waals surface area (Å²) in [4.78, 5) is 24.7. The zero-order valence-electron chi connectivity index (χ0n) is 56.7. The van der Waals surface area contributed by atoms with Crippen molar-refractivity contribution in [3.8, 4) is 0 Å². The smallest absolute Gasteiger partial charge is 0.305 e. The van der Waals surface area contributed by atoms with Crippen molar-refractivity contribution in [1.82, 2.24) is 5.32 Å². The van der Waals surface area contributed by atoms with E-state index in [0.717, 1.165) is 44.9 Å². The number of unbranched alkanes of at least 4 members (excludes halogenated alkanes) is 60. The van der Waals surface area contributed by atoms with Crippen LogP contribution in [0.1, 0.15) is 444 Å². The van der Waals surface area contributed by atoms with Gasteiger partial charge < -0.3 is 20.3 Å². The van der Waals surface area contributed by atoms with Crippen LogP contribution >= 0.6 is 0 Å². The summed E-state index contributed by atoms with van der Waals surface area (Å²) in [5.74, 6) is -0.00954. The molecule has 0 saturated heterocycles. The molecular weight excluding hydrogens is 1020 g/mol. The molecule has 2 atom stereocenters. The number of ether oxygens (including phenoxy) is 1. The largest absolute Gasteiger partial charge is 0.466 e. The van der Waals surface area contributed by atoms with Crippen LogP contribution < -0.4 is 5.32 Å². The molecule has 494 valence electrons. The molecule has 83 heavy (non-hydrogen) atoms. The molecule has 0 aromatic carbocycles. The maximum absolute atomic E-state index is 12.6. The van der Waals surface area contributed by atoms with E-state index in [-0.39, 0.29) is 18.5 Å². The Kier molecular flexibility index (Phi) is 71.8. The average molecular weight is 1170 g/mol. The topological polar surface area (TPSA) is 95.9 Å². The number of aliphatic hydroxyl groups excluding tert-OH is 2. The van der Waals surface area contributed by atoms with Crippen LogP contribution in [0.4, 0.5) is 0 Å². The molecule has 0 aromatic heterocycles. The van der Waals surface area contributed by atoms with Crippen molar-refractivity contribution < 1.29 is 24.5 Å². The molecule has 0 fully saturated rings. The Balaban J connectivity index is 3.33. The van der Waals surface area contributed by atoms with Gasteiger partial charge in [0.2, 0.25) is 5.91 Å². The van der Waals surface area contributed by atoms with Gasteiger partial charge in [-0.3, -0.25) is 9.59 Å². The average Bonchev–Trinajstić information content (AvgIpc) is 3.49. The van der Waals surface area contributed by atoms with Gasteiger partial charge in [-0.1, -0.05) is 392 Å². The van der Waals surface area contributed by atoms with Gasteiger partial charge in [-0.15, -0.1) is 0 Å². The molecular formula is C77H151NO5. The summed E-state index contributed by atoms with van der Waals surface area (Å²) < 4.78 is 5.51. The summed E-state index contributed by atoms with van der Waals surface area (Å²) >= 11 is 0. The maximum atomic E-state index is 12.6. The fourth-order valence-electron chi connectivity index (χ4n) is 12.5. The Morgan fingerprint density at radius 1 is 0.325 bits per heavy atom. The van der Waals surface area contributed by atoms with E-state index in [4.69, 9.17) is 4.74 Å². The van der Waals surface area contributed by atoms with Crippen molar-refractivity contribution in [3.05, 3.63) is 12.2 Å². The third-order valence-corrected chi connectivity index (χ3v) is 18.3. The van der Waals surface area contributed by atoms with Crippen LogP contribution in [0.25, 0.3) is 0 Å². The summed E-state index contributed by atoms with van der Waals surface area (Å²) in [6, 6.07) is -0.539. The van der Waals surface area contributed by atoms with E-state index in [2.05, 4.69) is 31.3 Å². The summed E-state index contributed by atoms with van der Waals surface area (Å²) in [5.41, 5.74) is 0. The van der Waals surface area contributed by atoms with Gasteiger partial charge in [-0.05, 0) is 51.4 Å². The Morgan fingerprint density at radius 3 is 0.855 bits per heavy atom. The second-order valence-corrected chi connectivity index (χ2v) is 26.7. The Bertz CT molecular complexity index is 1260. The Morgan fingerprint density at radius 2 is 0.566 bits per heavy atom. The lowest BCUT2D eigenvalue weighted by atomic mass is 10.0. The second-order valence-electron chi connectivity index (χ2n) is 26.7. The van der Waals surface area contributed by atoms with Crippen LogP contribution in [0, 0.1) is 0 Å². The van der Waals surface area contributed by atoms with Crippen LogP contribution in [-0.4, -0.2) is 47.4 Å². The standard InChI is InChI=1S/C77H151NO5/c1-3-5-7-9-11-13-15-17-19-21-22-31-34-38-41-45-49-53-57-61-65-69-75(80)74(73-79)78-76(81)70-66-62-58-54-50-46-42-39-35-32-29-27-25-23-24-26-28-30-33-36-40-44-48-52-56-60-64-68-72-83-77(82)71-67-63-59-55-51-47-43-37-20-18-16-14-12-10-8-6-4-2/h18,20,74-75,79-80H,3-17,19,21-73H2,1-2H3,(H,78,81)/b20-18-. The fraction of sp³-hybridized carbons (Fsp3) is 0.948. The minimum Gasteiger partial charge on any atom is -0.466 e. The molecule has 0 rings (SSSR count). The number of hydrogen-bond donors (Lipinski definition) is 3. The Hall–Kier alpha value is -1.40. The second kappa shape index (κ2) is 73.1. The molecule has 0 radical (unpaired) electrons. The molecule has 0 aromatic rings. The number of carbonyl (C=O) groups is 2. The van der Waals surface area contributed by atoms with Gasteiger partial charge in [-0.2, -0.15) is 0 Å². The zero-order chi connectivity index (χ0) is 59.9. The monoisotopic (exact) mass is 1170 g/mol. The molecule has 1 amide bonds. The quantitative estimate of drug-likeness (QED) is 0.0320. The minimum atomic E-state index is -0.663. The summed E-state index contributed by atoms with van der Waals surface area (Å²) in [6.45, 7) is 5.00. The van der Waals surface area contributed by atoms with Crippen molar-refractivity contribution in [2.24, 2.45) is 0 Å². The zero-order valence-corrected chi connectivity index (χ0v) is 56.7. The number of hydrogen-bond acceptors (Lipinski definition) is 5. The Labute approximate surface area is 520 Å². The molecule has 0 spiro atoms. The first-order valence-electron chi connectivity index (χ1n) is 38.4. The van der Waals surface area contributed by atoms with Gasteiger partial charge in [0.15, 0.2) is 0 Å². The van der Waals surface area contributed by atoms with Gasteiger partial charge in [0.25, 0.3) is 0 Å². The van der Waals surface area contributed by atoms with Crippen LogP contribution in [0.3, 0.4) is 0 Å². The minimum absolute atomic E-state index is 0.0168. The highest BCUT2D eigenvalue weighted by Crippen LogP contribution is 2.20. The summed E-state index contributed by atoms with van der Waals surface area (Å²) in [5, 5.41) is 23.4. The third-order valence-electron chi connectivity index (χ3n) is 18.3. The highest BCUT2D eigenvalue weighted by Gasteiger charge is 2.20. The van der Waals surface area contributed by atoms with Gasteiger partial charge in [0.05, 0.1) is 25.4 Å². The van der Waals surface area contributed by atoms with Crippen LogP contribution in [0.5, 0.6) is 0 Å². The predicted octanol–water partition coefficient (Wildman–Crippen LogP) is 25.1. The first kappa shape index (κ1) is 81.6. The third kappa shape index (κ3) is 69.6. The molecule has 0 aliphatic heterocycles. The van der Waals surface area contributed by atoms with Crippen LogP contribution in [0.2, 0.25) is 0 Å². The SMILES string of the molecule is CCCCCCCC/C=C\CCCCCCCCCC(=O)OCCCCCCCCCCCCCCCCCCCCCCCCCCCCCCC(=O)NC(CO)C(O)CCCCCCCCCCCCCCCCCCCCCCC. The van der Waals surface area contributed by atoms with Crippen molar-refractivity contribution in [3.63, 3.8) is 0 Å². The lowest BCUT2D eigenvalue weighted by Crippen LogP contribution is -2.45. The number of allylic oxidation sites excluding steroid dienone is 2. The first-order chi connectivity index (χ1) is 41.0. The number of rotatable bonds is 73. The number of amides is 1.